The molecule has 0 spiro atoms. The number of aromatic nitrogens is 2. The fraction of sp³-hybridized carbons (Fsp3) is 0.150. The lowest BCUT2D eigenvalue weighted by Gasteiger charge is -2.03. The number of non-ortho nitro benzene ring substituents is 1. The number of carbonyl (C=O) groups excluding carboxylic acids is 1. The van der Waals surface area contributed by atoms with Crippen molar-refractivity contribution >= 4 is 17.3 Å². The van der Waals surface area contributed by atoms with Gasteiger partial charge in [0.2, 0.25) is 0 Å². The summed E-state index contributed by atoms with van der Waals surface area (Å²) in [5, 5.41) is 19.0. The topological polar surface area (TPSA) is 102 Å². The number of carbonyl (C=O) groups is 1. The van der Waals surface area contributed by atoms with E-state index >= 15 is 0 Å². The highest BCUT2D eigenvalue weighted by Gasteiger charge is 2.10. The molecule has 1 aromatic heterocycles. The van der Waals surface area contributed by atoms with Crippen LogP contribution in [0.25, 0.3) is 0 Å². The molecule has 1 heterocycles. The third kappa shape index (κ3) is 4.67. The Morgan fingerprint density at radius 3 is 2.46 bits per heavy atom. The first-order chi connectivity index (χ1) is 13.4. The molecule has 2 aromatic carbocycles. The lowest BCUT2D eigenvalue weighted by molar-refractivity contribution is -0.384. The number of nitro benzene ring substituents is 1. The zero-order valence-corrected chi connectivity index (χ0v) is 15.5. The third-order valence-corrected chi connectivity index (χ3v) is 4.16. The van der Waals surface area contributed by atoms with Gasteiger partial charge in [0.15, 0.2) is 5.69 Å². The number of hydrogen-bond acceptors (Lipinski definition) is 5. The molecule has 0 fully saturated rings. The summed E-state index contributed by atoms with van der Waals surface area (Å²) < 4.78 is 1.59. The average molecular weight is 377 g/mol. The van der Waals surface area contributed by atoms with Crippen molar-refractivity contribution in [2.75, 3.05) is 0 Å². The SMILES string of the molecule is C/C(=N/NC(=O)c1ccn(Cc2ccc([N+](=O)[O-])cc2)n1)c1ccc(C)cc1. The maximum Gasteiger partial charge on any atom is 0.291 e. The molecule has 0 radical (unpaired) electrons. The van der Waals surface area contributed by atoms with E-state index in [1.807, 2.05) is 38.1 Å². The summed E-state index contributed by atoms with van der Waals surface area (Å²) in [6, 6.07) is 15.6. The Bertz CT molecular complexity index is 1020. The Balaban J connectivity index is 1.62. The van der Waals surface area contributed by atoms with E-state index in [2.05, 4.69) is 15.6 Å². The fourth-order valence-electron chi connectivity index (χ4n) is 2.53. The fourth-order valence-corrected chi connectivity index (χ4v) is 2.53. The number of benzene rings is 2. The lowest BCUT2D eigenvalue weighted by atomic mass is 10.1. The highest BCUT2D eigenvalue weighted by atomic mass is 16.6. The highest BCUT2D eigenvalue weighted by Crippen LogP contribution is 2.13. The minimum atomic E-state index is -0.445. The Labute approximate surface area is 161 Å². The number of amides is 1. The minimum Gasteiger partial charge on any atom is -0.268 e. The van der Waals surface area contributed by atoms with Gasteiger partial charge in [-0.25, -0.2) is 5.43 Å². The number of nitrogens with zero attached hydrogens (tertiary/aromatic N) is 4. The van der Waals surface area contributed by atoms with Crippen LogP contribution in [0.5, 0.6) is 0 Å². The van der Waals surface area contributed by atoms with Crippen LogP contribution < -0.4 is 5.43 Å². The molecule has 1 amide bonds. The van der Waals surface area contributed by atoms with Crippen molar-refractivity contribution in [2.24, 2.45) is 5.10 Å². The van der Waals surface area contributed by atoms with Crippen LogP contribution in [0.2, 0.25) is 0 Å². The molecule has 3 aromatic rings. The Hall–Kier alpha value is -3.81. The molecular formula is C20H19N5O3. The van der Waals surface area contributed by atoms with Crippen LogP contribution in [0.4, 0.5) is 5.69 Å². The van der Waals surface area contributed by atoms with Gasteiger partial charge in [-0.05, 0) is 31.0 Å². The summed E-state index contributed by atoms with van der Waals surface area (Å²) in [5.41, 5.74) is 6.39. The Morgan fingerprint density at radius 1 is 1.14 bits per heavy atom. The van der Waals surface area contributed by atoms with E-state index in [1.165, 1.54) is 12.1 Å². The van der Waals surface area contributed by atoms with Crippen molar-refractivity contribution in [3.8, 4) is 0 Å². The van der Waals surface area contributed by atoms with Gasteiger partial charge in [-0.1, -0.05) is 42.0 Å². The molecule has 28 heavy (non-hydrogen) atoms. The van der Waals surface area contributed by atoms with Crippen LogP contribution in [-0.2, 0) is 6.54 Å². The predicted molar refractivity (Wildman–Crippen MR) is 105 cm³/mol. The summed E-state index contributed by atoms with van der Waals surface area (Å²) in [7, 11) is 0. The van der Waals surface area contributed by atoms with E-state index in [9.17, 15) is 14.9 Å². The largest absolute Gasteiger partial charge is 0.291 e. The minimum absolute atomic E-state index is 0.0334. The van der Waals surface area contributed by atoms with Gasteiger partial charge in [-0.2, -0.15) is 10.2 Å². The molecule has 0 saturated heterocycles. The molecule has 0 aliphatic heterocycles. The van der Waals surface area contributed by atoms with Crippen molar-refractivity contribution in [3.05, 3.63) is 93.3 Å². The summed E-state index contributed by atoms with van der Waals surface area (Å²) >= 11 is 0. The lowest BCUT2D eigenvalue weighted by Crippen LogP contribution is -2.20. The number of rotatable bonds is 6. The average Bonchev–Trinajstić information content (AvgIpc) is 3.15. The van der Waals surface area contributed by atoms with Crippen LogP contribution in [0.1, 0.15) is 34.1 Å². The van der Waals surface area contributed by atoms with E-state index in [0.717, 1.165) is 16.7 Å². The highest BCUT2D eigenvalue weighted by molar-refractivity contribution is 6.00. The van der Waals surface area contributed by atoms with Crippen molar-refractivity contribution in [1.29, 1.82) is 0 Å². The van der Waals surface area contributed by atoms with Gasteiger partial charge in [-0.3, -0.25) is 19.6 Å². The molecule has 3 rings (SSSR count). The van der Waals surface area contributed by atoms with Crippen molar-refractivity contribution in [1.82, 2.24) is 15.2 Å². The van der Waals surface area contributed by atoms with E-state index < -0.39 is 10.8 Å². The van der Waals surface area contributed by atoms with Crippen LogP contribution in [0, 0.1) is 17.0 Å². The third-order valence-electron chi connectivity index (χ3n) is 4.16. The molecule has 8 heteroatoms. The molecule has 0 atom stereocenters. The second kappa shape index (κ2) is 8.26. The van der Waals surface area contributed by atoms with Crippen molar-refractivity contribution < 1.29 is 9.72 Å². The van der Waals surface area contributed by atoms with Crippen LogP contribution in [0.15, 0.2) is 65.9 Å². The zero-order chi connectivity index (χ0) is 20.1. The van der Waals surface area contributed by atoms with E-state index in [0.29, 0.717) is 12.3 Å². The summed E-state index contributed by atoms with van der Waals surface area (Å²) in [4.78, 5) is 22.5. The maximum atomic E-state index is 12.3. The smallest absolute Gasteiger partial charge is 0.268 e. The molecule has 0 bridgehead atoms. The normalized spacial score (nSPS) is 11.3. The van der Waals surface area contributed by atoms with Crippen LogP contribution in [-0.4, -0.2) is 26.3 Å². The zero-order valence-electron chi connectivity index (χ0n) is 15.5. The second-order valence-corrected chi connectivity index (χ2v) is 6.33. The maximum absolute atomic E-state index is 12.3. The first kappa shape index (κ1) is 19.0. The molecule has 0 saturated carbocycles. The van der Waals surface area contributed by atoms with Gasteiger partial charge in [0.05, 0.1) is 17.2 Å². The summed E-state index contributed by atoms with van der Waals surface area (Å²) in [5.74, 6) is -0.408. The molecular weight excluding hydrogens is 358 g/mol. The molecule has 8 nitrogen and oxygen atoms in total. The van der Waals surface area contributed by atoms with Gasteiger partial charge < -0.3 is 0 Å². The number of hydrogen-bond donors (Lipinski definition) is 1. The monoisotopic (exact) mass is 377 g/mol. The van der Waals surface area contributed by atoms with Gasteiger partial charge in [0.25, 0.3) is 11.6 Å². The van der Waals surface area contributed by atoms with Crippen molar-refractivity contribution in [2.45, 2.75) is 20.4 Å². The van der Waals surface area contributed by atoms with Crippen LogP contribution in [0.3, 0.4) is 0 Å². The van der Waals surface area contributed by atoms with E-state index in [1.54, 1.807) is 29.1 Å². The number of hydrazone groups is 1. The van der Waals surface area contributed by atoms with Gasteiger partial charge in [0.1, 0.15) is 0 Å². The van der Waals surface area contributed by atoms with Gasteiger partial charge in [0, 0.05) is 18.3 Å². The molecule has 1 N–H and O–H groups in total. The molecule has 0 aliphatic rings. The molecule has 0 aliphatic carbocycles. The van der Waals surface area contributed by atoms with E-state index in [4.69, 9.17) is 0 Å². The predicted octanol–water partition coefficient (Wildman–Crippen LogP) is 3.30. The Morgan fingerprint density at radius 2 is 1.82 bits per heavy atom. The number of aryl methyl sites for hydroxylation is 1. The molecule has 0 unspecified atom stereocenters. The van der Waals surface area contributed by atoms with Gasteiger partial charge >= 0.3 is 0 Å². The molecule has 142 valence electrons. The van der Waals surface area contributed by atoms with Crippen molar-refractivity contribution in [3.63, 3.8) is 0 Å². The summed E-state index contributed by atoms with van der Waals surface area (Å²) in [6.45, 7) is 4.22. The summed E-state index contributed by atoms with van der Waals surface area (Å²) in [6.07, 6.45) is 1.67. The quantitative estimate of drug-likeness (QED) is 0.404. The first-order valence-electron chi connectivity index (χ1n) is 8.61. The number of nitrogens with one attached hydrogen (secondary N) is 1. The standard InChI is InChI=1S/C20H19N5O3/c1-14-3-7-17(8-4-14)15(2)21-22-20(26)19-11-12-24(23-19)13-16-5-9-18(10-6-16)25(27)28/h3-12H,13H2,1-2H3,(H,22,26)/b21-15-. The van der Waals surface area contributed by atoms with E-state index in [-0.39, 0.29) is 11.4 Å². The second-order valence-electron chi connectivity index (χ2n) is 6.33. The van der Waals surface area contributed by atoms with Crippen LogP contribution >= 0.6 is 0 Å². The number of nitro groups is 1. The first-order valence-corrected chi connectivity index (χ1v) is 8.61. The Kier molecular flexibility index (Phi) is 5.59. The van der Waals surface area contributed by atoms with Gasteiger partial charge in [-0.15, -0.1) is 0 Å².